The van der Waals surface area contributed by atoms with Gasteiger partial charge >= 0.3 is 0 Å². The predicted molar refractivity (Wildman–Crippen MR) is 63.9 cm³/mol. The summed E-state index contributed by atoms with van der Waals surface area (Å²) in [6.07, 6.45) is 0. The van der Waals surface area contributed by atoms with Gasteiger partial charge in [-0.15, -0.1) is 0 Å². The average molecular weight is 249 g/mol. The summed E-state index contributed by atoms with van der Waals surface area (Å²) in [5, 5.41) is 11.2. The van der Waals surface area contributed by atoms with Crippen LogP contribution in [-0.4, -0.2) is 10.9 Å². The van der Waals surface area contributed by atoms with Gasteiger partial charge in [0.15, 0.2) is 5.76 Å². The summed E-state index contributed by atoms with van der Waals surface area (Å²) in [6, 6.07) is 7.98. The van der Waals surface area contributed by atoms with Crippen molar-refractivity contribution in [3.05, 3.63) is 52.3 Å². The molecule has 0 saturated carbocycles. The molecule has 0 aliphatic heterocycles. The van der Waals surface area contributed by atoms with Crippen molar-refractivity contribution < 1.29 is 14.3 Å². The minimum atomic E-state index is -1.12. The van der Waals surface area contributed by atoms with E-state index in [0.29, 0.717) is 21.4 Å². The summed E-state index contributed by atoms with van der Waals surface area (Å²) in [5.74, 6) is -2.54. The molecule has 0 atom stereocenters. The molecule has 2 aromatic rings. The summed E-state index contributed by atoms with van der Waals surface area (Å²) >= 11 is 6.01. The van der Waals surface area contributed by atoms with Gasteiger partial charge in [0.2, 0.25) is 11.6 Å². The van der Waals surface area contributed by atoms with E-state index in [1.54, 1.807) is 24.3 Å². The lowest BCUT2D eigenvalue weighted by Gasteiger charge is -2.16. The minimum absolute atomic E-state index is 0.232. The van der Waals surface area contributed by atoms with Crippen molar-refractivity contribution in [3.8, 4) is 0 Å². The van der Waals surface area contributed by atoms with Crippen LogP contribution in [0.1, 0.15) is 15.9 Å². The summed E-state index contributed by atoms with van der Waals surface area (Å²) in [7, 11) is 0. The number of rotatable bonds is 0. The van der Waals surface area contributed by atoms with Crippen molar-refractivity contribution in [2.75, 3.05) is 0 Å². The molecule has 3 rings (SSSR count). The predicted octanol–water partition coefficient (Wildman–Crippen LogP) is 3.89. The molecule has 0 heterocycles. The fourth-order valence-electron chi connectivity index (χ4n) is 2.10. The first-order valence-electron chi connectivity index (χ1n) is 4.96. The lowest BCUT2D eigenvalue weighted by molar-refractivity contribution is 0.100. The van der Waals surface area contributed by atoms with E-state index >= 15 is 0 Å². The van der Waals surface area contributed by atoms with Crippen molar-refractivity contribution in [3.63, 3.8) is 0 Å². The third kappa shape index (κ3) is 1.23. The molecule has 0 aromatic heterocycles. The SMILES string of the molecule is O=C1C(F)=C(O)c2cccc3c(Cl)ccc1c23. The highest BCUT2D eigenvalue weighted by Crippen LogP contribution is 2.38. The fourth-order valence-corrected chi connectivity index (χ4v) is 2.32. The molecule has 0 radical (unpaired) electrons. The van der Waals surface area contributed by atoms with Crippen LogP contribution in [0.25, 0.3) is 16.5 Å². The molecular weight excluding hydrogens is 243 g/mol. The molecule has 0 saturated heterocycles. The number of hydrogen-bond donors (Lipinski definition) is 1. The highest BCUT2D eigenvalue weighted by atomic mass is 35.5. The van der Waals surface area contributed by atoms with Gasteiger partial charge < -0.3 is 5.11 Å². The van der Waals surface area contributed by atoms with E-state index in [0.717, 1.165) is 0 Å². The molecule has 0 fully saturated rings. The maximum Gasteiger partial charge on any atom is 0.225 e. The Morgan fingerprint density at radius 2 is 1.88 bits per heavy atom. The highest BCUT2D eigenvalue weighted by Gasteiger charge is 2.28. The lowest BCUT2D eigenvalue weighted by Crippen LogP contribution is -2.10. The van der Waals surface area contributed by atoms with Gasteiger partial charge in [0.1, 0.15) is 0 Å². The van der Waals surface area contributed by atoms with Crippen LogP contribution < -0.4 is 0 Å². The van der Waals surface area contributed by atoms with Crippen LogP contribution in [0.3, 0.4) is 0 Å². The van der Waals surface area contributed by atoms with Crippen LogP contribution in [0.2, 0.25) is 5.02 Å². The number of allylic oxidation sites excluding steroid dienone is 1. The van der Waals surface area contributed by atoms with E-state index in [1.807, 2.05) is 0 Å². The summed E-state index contributed by atoms with van der Waals surface area (Å²) in [4.78, 5) is 11.7. The molecule has 84 valence electrons. The standard InChI is InChI=1S/C13H6ClFO2/c14-9-5-4-8-10-6(9)2-1-3-7(10)12(16)11(15)13(8)17/h1-5,16H. The molecule has 1 N–H and O–H groups in total. The Kier molecular flexibility index (Phi) is 2.00. The van der Waals surface area contributed by atoms with Crippen molar-refractivity contribution in [2.24, 2.45) is 0 Å². The van der Waals surface area contributed by atoms with E-state index in [9.17, 15) is 14.3 Å². The smallest absolute Gasteiger partial charge is 0.225 e. The second kappa shape index (κ2) is 3.31. The first-order chi connectivity index (χ1) is 8.11. The van der Waals surface area contributed by atoms with Crippen molar-refractivity contribution in [1.82, 2.24) is 0 Å². The Bertz CT molecular complexity index is 704. The van der Waals surface area contributed by atoms with Gasteiger partial charge in [0.05, 0.1) is 0 Å². The van der Waals surface area contributed by atoms with Gasteiger partial charge in [-0.05, 0) is 12.1 Å². The van der Waals surface area contributed by atoms with Crippen molar-refractivity contribution in [2.45, 2.75) is 0 Å². The van der Waals surface area contributed by atoms with Crippen LogP contribution in [0.15, 0.2) is 36.2 Å². The van der Waals surface area contributed by atoms with Gasteiger partial charge in [-0.2, -0.15) is 4.39 Å². The maximum absolute atomic E-state index is 13.5. The molecule has 0 unspecified atom stereocenters. The monoisotopic (exact) mass is 248 g/mol. The summed E-state index contributed by atoms with van der Waals surface area (Å²) in [6.45, 7) is 0. The second-order valence-electron chi connectivity index (χ2n) is 3.81. The third-order valence-electron chi connectivity index (χ3n) is 2.89. The van der Waals surface area contributed by atoms with Gasteiger partial charge in [0.25, 0.3) is 0 Å². The third-order valence-corrected chi connectivity index (χ3v) is 3.22. The van der Waals surface area contributed by atoms with Gasteiger partial charge in [-0.1, -0.05) is 29.8 Å². The fraction of sp³-hybridized carbons (Fsp3) is 0. The number of Topliss-reactive ketones (excluding diaryl/α,β-unsaturated/α-hetero) is 1. The van der Waals surface area contributed by atoms with Crippen LogP contribution >= 0.6 is 11.6 Å². The van der Waals surface area contributed by atoms with Crippen molar-refractivity contribution in [1.29, 1.82) is 0 Å². The Morgan fingerprint density at radius 1 is 1.12 bits per heavy atom. The number of aliphatic hydroxyl groups excluding tert-OH is 1. The number of aliphatic hydroxyl groups is 1. The second-order valence-corrected chi connectivity index (χ2v) is 4.22. The molecule has 2 nitrogen and oxygen atoms in total. The maximum atomic E-state index is 13.5. The zero-order valence-electron chi connectivity index (χ0n) is 8.50. The molecule has 1 aliphatic carbocycles. The van der Waals surface area contributed by atoms with Crippen molar-refractivity contribution >= 4 is 33.9 Å². The van der Waals surface area contributed by atoms with Gasteiger partial charge in [-0.25, -0.2) is 0 Å². The Morgan fingerprint density at radius 3 is 2.65 bits per heavy atom. The largest absolute Gasteiger partial charge is 0.504 e. The van der Waals surface area contributed by atoms with E-state index < -0.39 is 17.4 Å². The van der Waals surface area contributed by atoms with Crippen LogP contribution in [0, 0.1) is 0 Å². The zero-order valence-corrected chi connectivity index (χ0v) is 9.25. The molecule has 0 amide bonds. The molecule has 4 heteroatoms. The Labute approximate surface area is 101 Å². The lowest BCUT2D eigenvalue weighted by atomic mass is 9.90. The number of ketones is 1. The molecule has 17 heavy (non-hydrogen) atoms. The van der Waals surface area contributed by atoms with Crippen LogP contribution in [-0.2, 0) is 0 Å². The van der Waals surface area contributed by atoms with E-state index in [2.05, 4.69) is 0 Å². The Hall–Kier alpha value is -1.87. The van der Waals surface area contributed by atoms with E-state index in [4.69, 9.17) is 11.6 Å². The first-order valence-corrected chi connectivity index (χ1v) is 5.34. The topological polar surface area (TPSA) is 37.3 Å². The average Bonchev–Trinajstić information content (AvgIpc) is 2.35. The number of halogens is 2. The molecule has 1 aliphatic rings. The van der Waals surface area contributed by atoms with E-state index in [1.165, 1.54) is 6.07 Å². The van der Waals surface area contributed by atoms with Crippen LogP contribution in [0.4, 0.5) is 4.39 Å². The summed E-state index contributed by atoms with van der Waals surface area (Å²) < 4.78 is 13.5. The molecular formula is C13H6ClFO2. The van der Waals surface area contributed by atoms with Crippen LogP contribution in [0.5, 0.6) is 0 Å². The quantitative estimate of drug-likeness (QED) is 0.768. The summed E-state index contributed by atoms with van der Waals surface area (Å²) in [5.41, 5.74) is 0.535. The molecule has 0 bridgehead atoms. The Balaban J connectivity index is 2.59. The normalized spacial score (nSPS) is 14.6. The number of carbonyl (C=O) groups is 1. The zero-order chi connectivity index (χ0) is 12.2. The van der Waals surface area contributed by atoms with Gasteiger partial charge in [-0.3, -0.25) is 4.79 Å². The minimum Gasteiger partial charge on any atom is -0.504 e. The molecule has 2 aromatic carbocycles. The highest BCUT2D eigenvalue weighted by molar-refractivity contribution is 6.37. The first kappa shape index (κ1) is 10.3. The number of hydrogen-bond acceptors (Lipinski definition) is 2. The van der Waals surface area contributed by atoms with E-state index in [-0.39, 0.29) is 5.56 Å². The number of carbonyl (C=O) groups excluding carboxylic acids is 1. The van der Waals surface area contributed by atoms with Gasteiger partial charge in [0, 0.05) is 26.9 Å². The molecule has 0 spiro atoms. The number of benzene rings is 2.